The SMILES string of the molecule is Cc1nc2cccc(OCc3ccc(CCN4CCCCC4)cc3)c2c(=O)n1C1CCC(=O)NC1=O. The van der Waals surface area contributed by atoms with Crippen LogP contribution in [0.15, 0.2) is 47.3 Å². The van der Waals surface area contributed by atoms with Gasteiger partial charge in [-0.3, -0.25) is 24.3 Å². The zero-order valence-corrected chi connectivity index (χ0v) is 20.7. The molecule has 8 heteroatoms. The van der Waals surface area contributed by atoms with Gasteiger partial charge >= 0.3 is 0 Å². The number of aromatic nitrogens is 2. The molecule has 2 saturated heterocycles. The quantitative estimate of drug-likeness (QED) is 0.513. The summed E-state index contributed by atoms with van der Waals surface area (Å²) in [7, 11) is 0. The summed E-state index contributed by atoms with van der Waals surface area (Å²) in [6, 6.07) is 13.0. The Morgan fingerprint density at radius 1 is 1.00 bits per heavy atom. The Hall–Kier alpha value is -3.52. The number of amides is 2. The predicted octanol–water partition coefficient (Wildman–Crippen LogP) is 3.29. The molecule has 2 aliphatic rings. The van der Waals surface area contributed by atoms with Crippen LogP contribution in [0.25, 0.3) is 10.9 Å². The number of carbonyl (C=O) groups is 2. The summed E-state index contributed by atoms with van der Waals surface area (Å²) in [6.45, 7) is 5.52. The van der Waals surface area contributed by atoms with Crippen LogP contribution in [0.1, 0.15) is 55.1 Å². The largest absolute Gasteiger partial charge is 0.488 e. The van der Waals surface area contributed by atoms with Gasteiger partial charge in [0.2, 0.25) is 11.8 Å². The second-order valence-corrected chi connectivity index (χ2v) is 9.71. The number of aryl methyl sites for hydroxylation is 1. The number of nitrogens with zero attached hydrogens (tertiary/aromatic N) is 3. The minimum Gasteiger partial charge on any atom is -0.488 e. The van der Waals surface area contributed by atoms with Crippen molar-refractivity contribution in [3.05, 3.63) is 69.8 Å². The van der Waals surface area contributed by atoms with Gasteiger partial charge in [0, 0.05) is 13.0 Å². The third kappa shape index (κ3) is 5.18. The standard InChI is InChI=1S/C28H32N4O4/c1-19-29-22-6-5-7-24(26(22)28(35)32(19)23-12-13-25(33)30-27(23)34)36-18-21-10-8-20(9-11-21)14-17-31-15-3-2-4-16-31/h5-11,23H,2-4,12-18H2,1H3,(H,30,33,34). The maximum Gasteiger partial charge on any atom is 0.265 e. The maximum atomic E-state index is 13.5. The average Bonchev–Trinajstić information content (AvgIpc) is 2.88. The molecule has 2 aliphatic heterocycles. The minimum atomic E-state index is -0.766. The molecule has 8 nitrogen and oxygen atoms in total. The van der Waals surface area contributed by atoms with Crippen LogP contribution in [-0.2, 0) is 22.6 Å². The highest BCUT2D eigenvalue weighted by atomic mass is 16.5. The Kier molecular flexibility index (Phi) is 7.13. The van der Waals surface area contributed by atoms with Gasteiger partial charge in [0.25, 0.3) is 5.56 Å². The van der Waals surface area contributed by atoms with Crippen molar-refractivity contribution in [1.82, 2.24) is 19.8 Å². The van der Waals surface area contributed by atoms with E-state index >= 15 is 0 Å². The van der Waals surface area contributed by atoms with Crippen LogP contribution >= 0.6 is 0 Å². The van der Waals surface area contributed by atoms with Crippen molar-refractivity contribution in [2.45, 2.75) is 58.1 Å². The molecule has 1 atom stereocenters. The lowest BCUT2D eigenvalue weighted by Crippen LogP contribution is -2.45. The number of fused-ring (bicyclic) bond motifs is 1. The number of rotatable bonds is 7. The van der Waals surface area contributed by atoms with Crippen molar-refractivity contribution in [2.75, 3.05) is 19.6 Å². The molecule has 1 N–H and O–H groups in total. The monoisotopic (exact) mass is 488 g/mol. The van der Waals surface area contributed by atoms with Crippen LogP contribution in [0.5, 0.6) is 5.75 Å². The lowest BCUT2D eigenvalue weighted by atomic mass is 10.1. The van der Waals surface area contributed by atoms with E-state index in [9.17, 15) is 14.4 Å². The Labute approximate surface area is 210 Å². The lowest BCUT2D eigenvalue weighted by molar-refractivity contribution is -0.135. The van der Waals surface area contributed by atoms with E-state index in [0.717, 1.165) is 18.5 Å². The molecule has 2 aromatic carbocycles. The topological polar surface area (TPSA) is 93.5 Å². The minimum absolute atomic E-state index is 0.187. The molecule has 3 heterocycles. The van der Waals surface area contributed by atoms with Crippen molar-refractivity contribution in [1.29, 1.82) is 0 Å². The molecule has 0 radical (unpaired) electrons. The van der Waals surface area contributed by atoms with Crippen LogP contribution in [0.4, 0.5) is 0 Å². The molecule has 2 amide bonds. The summed E-state index contributed by atoms with van der Waals surface area (Å²) in [5.74, 6) is 0.0631. The Morgan fingerprint density at radius 2 is 1.75 bits per heavy atom. The number of likely N-dealkylation sites (tertiary alicyclic amines) is 1. The van der Waals surface area contributed by atoms with Crippen LogP contribution in [0, 0.1) is 6.92 Å². The second-order valence-electron chi connectivity index (χ2n) is 9.71. The zero-order valence-electron chi connectivity index (χ0n) is 20.7. The van der Waals surface area contributed by atoms with Gasteiger partial charge in [0.05, 0.1) is 5.52 Å². The van der Waals surface area contributed by atoms with Crippen LogP contribution in [0.3, 0.4) is 0 Å². The number of hydrogen-bond acceptors (Lipinski definition) is 6. The van der Waals surface area contributed by atoms with Gasteiger partial charge in [0.1, 0.15) is 29.6 Å². The smallest absolute Gasteiger partial charge is 0.265 e. The zero-order chi connectivity index (χ0) is 25.1. The number of piperidine rings is 2. The van der Waals surface area contributed by atoms with Gasteiger partial charge < -0.3 is 9.64 Å². The van der Waals surface area contributed by atoms with Gasteiger partial charge in [-0.05, 0) is 69.0 Å². The van der Waals surface area contributed by atoms with Crippen LogP contribution in [0.2, 0.25) is 0 Å². The Balaban J connectivity index is 1.32. The van der Waals surface area contributed by atoms with Crippen molar-refractivity contribution < 1.29 is 14.3 Å². The van der Waals surface area contributed by atoms with Crippen molar-refractivity contribution in [3.8, 4) is 5.75 Å². The van der Waals surface area contributed by atoms with Gasteiger partial charge in [0.15, 0.2) is 0 Å². The third-order valence-corrected chi connectivity index (χ3v) is 7.17. The molecule has 1 aromatic heterocycles. The first-order chi connectivity index (χ1) is 17.5. The van der Waals surface area contributed by atoms with Crippen LogP contribution < -0.4 is 15.6 Å². The lowest BCUT2D eigenvalue weighted by Gasteiger charge is -2.26. The molecule has 3 aromatic rings. The van der Waals surface area contributed by atoms with Gasteiger partial charge in [-0.1, -0.05) is 36.8 Å². The Bertz CT molecular complexity index is 1330. The van der Waals surface area contributed by atoms with E-state index in [2.05, 4.69) is 39.5 Å². The highest BCUT2D eigenvalue weighted by molar-refractivity contribution is 5.99. The molecule has 0 aliphatic carbocycles. The molecule has 0 bridgehead atoms. The fourth-order valence-corrected chi connectivity index (χ4v) is 5.17. The number of imide groups is 1. The van der Waals surface area contributed by atoms with E-state index in [4.69, 9.17) is 4.74 Å². The fraction of sp³-hybridized carbons (Fsp3) is 0.429. The second kappa shape index (κ2) is 10.6. The first-order valence-electron chi connectivity index (χ1n) is 12.8. The molecule has 0 saturated carbocycles. The summed E-state index contributed by atoms with van der Waals surface area (Å²) < 4.78 is 7.47. The molecule has 5 rings (SSSR count). The fourth-order valence-electron chi connectivity index (χ4n) is 5.17. The summed E-state index contributed by atoms with van der Waals surface area (Å²) in [5.41, 5.74) is 2.50. The summed E-state index contributed by atoms with van der Waals surface area (Å²) in [6.07, 6.45) is 5.45. The molecular weight excluding hydrogens is 456 g/mol. The normalized spacial score (nSPS) is 18.9. The predicted molar refractivity (Wildman–Crippen MR) is 137 cm³/mol. The van der Waals surface area contributed by atoms with E-state index in [1.807, 2.05) is 6.07 Å². The van der Waals surface area contributed by atoms with E-state index < -0.39 is 11.9 Å². The number of nitrogens with one attached hydrogen (secondary N) is 1. The summed E-state index contributed by atoms with van der Waals surface area (Å²) >= 11 is 0. The molecule has 36 heavy (non-hydrogen) atoms. The first kappa shape index (κ1) is 24.2. The summed E-state index contributed by atoms with van der Waals surface area (Å²) in [4.78, 5) is 44.7. The maximum absolute atomic E-state index is 13.5. The van der Waals surface area contributed by atoms with E-state index in [1.165, 1.54) is 42.5 Å². The van der Waals surface area contributed by atoms with Crippen LogP contribution in [-0.4, -0.2) is 45.9 Å². The highest BCUT2D eigenvalue weighted by Crippen LogP contribution is 2.25. The molecule has 1 unspecified atom stereocenters. The first-order valence-corrected chi connectivity index (χ1v) is 12.8. The van der Waals surface area contributed by atoms with Crippen molar-refractivity contribution in [2.24, 2.45) is 0 Å². The third-order valence-electron chi connectivity index (χ3n) is 7.17. The van der Waals surface area contributed by atoms with Crippen molar-refractivity contribution in [3.63, 3.8) is 0 Å². The average molecular weight is 489 g/mol. The summed E-state index contributed by atoms with van der Waals surface area (Å²) in [5, 5.41) is 2.66. The number of hydrogen-bond donors (Lipinski definition) is 1. The van der Waals surface area contributed by atoms with E-state index in [-0.39, 0.29) is 24.3 Å². The molecule has 188 valence electrons. The van der Waals surface area contributed by atoms with Gasteiger partial charge in [-0.15, -0.1) is 0 Å². The van der Waals surface area contributed by atoms with Gasteiger partial charge in [-0.25, -0.2) is 4.98 Å². The molecule has 0 spiro atoms. The molecule has 2 fully saturated rings. The Morgan fingerprint density at radius 3 is 2.50 bits per heavy atom. The number of ether oxygens (including phenoxy) is 1. The van der Waals surface area contributed by atoms with Gasteiger partial charge in [-0.2, -0.15) is 0 Å². The highest BCUT2D eigenvalue weighted by Gasteiger charge is 2.31. The molecular formula is C28H32N4O4. The van der Waals surface area contributed by atoms with E-state index in [0.29, 0.717) is 29.1 Å². The number of carbonyl (C=O) groups excluding carboxylic acids is 2. The number of benzene rings is 2. The van der Waals surface area contributed by atoms with Crippen molar-refractivity contribution >= 4 is 22.7 Å². The van der Waals surface area contributed by atoms with E-state index in [1.54, 1.807) is 19.1 Å².